The Morgan fingerprint density at radius 2 is 1.89 bits per heavy atom. The van der Waals surface area contributed by atoms with Gasteiger partial charge >= 0.3 is 12.1 Å². The third-order valence-electron chi connectivity index (χ3n) is 4.46. The Morgan fingerprint density at radius 3 is 2.43 bits per heavy atom. The molecule has 0 unspecified atom stereocenters. The zero-order chi connectivity index (χ0) is 21.1. The van der Waals surface area contributed by atoms with Crippen LogP contribution in [0.2, 0.25) is 0 Å². The highest BCUT2D eigenvalue weighted by atomic mass is 32.1. The standard InChI is InChI=1S/C20H30N2O5S/c1-7-14-11-16(28-13(14)3)17(23)22-10-9-21(19(25)27-20(4,5)6)12-15(22)18(24)26-8-2/h11,15H,7-10,12H2,1-6H3/t15-/m1/s1. The van der Waals surface area contributed by atoms with Crippen molar-refractivity contribution in [3.8, 4) is 0 Å². The van der Waals surface area contributed by atoms with Gasteiger partial charge in [-0.2, -0.15) is 0 Å². The van der Waals surface area contributed by atoms with E-state index in [9.17, 15) is 14.4 Å². The van der Waals surface area contributed by atoms with E-state index in [-0.39, 0.29) is 25.6 Å². The molecule has 1 fully saturated rings. The van der Waals surface area contributed by atoms with Crippen molar-refractivity contribution in [3.05, 3.63) is 21.4 Å². The van der Waals surface area contributed by atoms with Gasteiger partial charge in [0.25, 0.3) is 5.91 Å². The number of thiophene rings is 1. The Hall–Kier alpha value is -2.09. The molecule has 1 aliphatic rings. The summed E-state index contributed by atoms with van der Waals surface area (Å²) in [5, 5.41) is 0. The smallest absolute Gasteiger partial charge is 0.410 e. The van der Waals surface area contributed by atoms with E-state index in [1.54, 1.807) is 27.7 Å². The minimum Gasteiger partial charge on any atom is -0.464 e. The SMILES string of the molecule is CCOC(=O)[C@H]1CN(C(=O)OC(C)(C)C)CCN1C(=O)c1cc(CC)c(C)s1. The van der Waals surface area contributed by atoms with Crippen LogP contribution in [0.1, 0.15) is 54.7 Å². The Kier molecular flexibility index (Phi) is 7.09. The fourth-order valence-electron chi connectivity index (χ4n) is 3.08. The minimum atomic E-state index is -0.846. The number of ether oxygens (including phenoxy) is 2. The molecule has 2 rings (SSSR count). The van der Waals surface area contributed by atoms with Gasteiger partial charge in [-0.1, -0.05) is 6.92 Å². The molecule has 7 nitrogen and oxygen atoms in total. The maximum Gasteiger partial charge on any atom is 0.410 e. The number of carbonyl (C=O) groups excluding carboxylic acids is 3. The lowest BCUT2D eigenvalue weighted by Crippen LogP contribution is -2.60. The minimum absolute atomic E-state index is 0.0600. The molecule has 8 heteroatoms. The van der Waals surface area contributed by atoms with Crippen molar-refractivity contribution < 1.29 is 23.9 Å². The van der Waals surface area contributed by atoms with E-state index in [0.717, 1.165) is 16.9 Å². The summed E-state index contributed by atoms with van der Waals surface area (Å²) in [6, 6.07) is 1.05. The summed E-state index contributed by atoms with van der Waals surface area (Å²) in [5.41, 5.74) is 0.502. The lowest BCUT2D eigenvalue weighted by atomic mass is 10.1. The Bertz CT molecular complexity index is 737. The average Bonchev–Trinajstić information content (AvgIpc) is 3.00. The van der Waals surface area contributed by atoms with E-state index in [0.29, 0.717) is 11.4 Å². The van der Waals surface area contributed by atoms with Crippen molar-refractivity contribution in [1.29, 1.82) is 0 Å². The van der Waals surface area contributed by atoms with Crippen molar-refractivity contribution in [1.82, 2.24) is 9.80 Å². The van der Waals surface area contributed by atoms with Gasteiger partial charge in [-0.15, -0.1) is 11.3 Å². The molecule has 2 heterocycles. The van der Waals surface area contributed by atoms with E-state index in [1.807, 2.05) is 19.9 Å². The Labute approximate surface area is 170 Å². The zero-order valence-corrected chi connectivity index (χ0v) is 18.4. The van der Waals surface area contributed by atoms with E-state index >= 15 is 0 Å². The first-order valence-electron chi connectivity index (χ1n) is 9.62. The predicted octanol–water partition coefficient (Wildman–Crippen LogP) is 3.24. The molecule has 0 saturated carbocycles. The highest BCUT2D eigenvalue weighted by Crippen LogP contribution is 2.26. The van der Waals surface area contributed by atoms with Crippen molar-refractivity contribution in [2.75, 3.05) is 26.2 Å². The van der Waals surface area contributed by atoms with Crippen molar-refractivity contribution >= 4 is 29.3 Å². The first-order valence-corrected chi connectivity index (χ1v) is 10.4. The summed E-state index contributed by atoms with van der Waals surface area (Å²) in [6.45, 7) is 11.9. The average molecular weight is 411 g/mol. The first kappa shape index (κ1) is 22.2. The monoisotopic (exact) mass is 410 g/mol. The molecule has 1 aromatic heterocycles. The van der Waals surface area contributed by atoms with E-state index in [1.165, 1.54) is 21.1 Å². The molecule has 0 aromatic carbocycles. The van der Waals surface area contributed by atoms with Gasteiger partial charge in [0, 0.05) is 18.0 Å². The van der Waals surface area contributed by atoms with Crippen LogP contribution >= 0.6 is 11.3 Å². The lowest BCUT2D eigenvalue weighted by Gasteiger charge is -2.40. The molecule has 0 spiro atoms. The van der Waals surface area contributed by atoms with Crippen molar-refractivity contribution in [3.63, 3.8) is 0 Å². The van der Waals surface area contributed by atoms with E-state index < -0.39 is 23.7 Å². The van der Waals surface area contributed by atoms with Gasteiger partial charge in [0.15, 0.2) is 0 Å². The van der Waals surface area contributed by atoms with Crippen LogP contribution in [0.5, 0.6) is 0 Å². The number of rotatable bonds is 4. The fraction of sp³-hybridized carbons (Fsp3) is 0.650. The molecule has 1 aromatic rings. The van der Waals surface area contributed by atoms with Crippen LogP contribution in [-0.2, 0) is 20.7 Å². The summed E-state index contributed by atoms with van der Waals surface area (Å²) in [7, 11) is 0. The second-order valence-electron chi connectivity index (χ2n) is 7.74. The molecule has 0 bridgehead atoms. The predicted molar refractivity (Wildman–Crippen MR) is 108 cm³/mol. The van der Waals surface area contributed by atoms with Crippen molar-refractivity contribution in [2.45, 2.75) is 59.6 Å². The van der Waals surface area contributed by atoms with Gasteiger partial charge in [0.2, 0.25) is 0 Å². The summed E-state index contributed by atoms with van der Waals surface area (Å²) >= 11 is 1.43. The Balaban J connectivity index is 2.22. The van der Waals surface area contributed by atoms with Crippen LogP contribution in [-0.4, -0.2) is 65.7 Å². The number of aryl methyl sites for hydroxylation is 2. The molecular formula is C20H30N2O5S. The van der Waals surface area contributed by atoms with Gasteiger partial charge in [-0.25, -0.2) is 9.59 Å². The molecule has 0 radical (unpaired) electrons. The molecule has 1 saturated heterocycles. The lowest BCUT2D eigenvalue weighted by molar-refractivity contribution is -0.150. The second-order valence-corrected chi connectivity index (χ2v) is 8.99. The van der Waals surface area contributed by atoms with Gasteiger partial charge in [0.05, 0.1) is 18.0 Å². The summed E-state index contributed by atoms with van der Waals surface area (Å²) in [4.78, 5) is 42.7. The molecule has 28 heavy (non-hydrogen) atoms. The Morgan fingerprint density at radius 1 is 1.21 bits per heavy atom. The quantitative estimate of drug-likeness (QED) is 0.712. The summed E-state index contributed by atoms with van der Waals surface area (Å²) in [5.74, 6) is -0.706. The molecule has 0 aliphatic carbocycles. The highest BCUT2D eigenvalue weighted by molar-refractivity contribution is 7.14. The van der Waals surface area contributed by atoms with Crippen LogP contribution in [0.15, 0.2) is 6.07 Å². The van der Waals surface area contributed by atoms with E-state index in [4.69, 9.17) is 9.47 Å². The number of amides is 2. The maximum atomic E-state index is 13.1. The van der Waals surface area contributed by atoms with Crippen LogP contribution in [0, 0.1) is 6.92 Å². The molecule has 0 N–H and O–H groups in total. The van der Waals surface area contributed by atoms with Crippen LogP contribution < -0.4 is 0 Å². The van der Waals surface area contributed by atoms with Crippen LogP contribution in [0.3, 0.4) is 0 Å². The zero-order valence-electron chi connectivity index (χ0n) is 17.5. The molecular weight excluding hydrogens is 380 g/mol. The third-order valence-corrected chi connectivity index (χ3v) is 5.54. The molecule has 1 atom stereocenters. The number of hydrogen-bond acceptors (Lipinski definition) is 6. The van der Waals surface area contributed by atoms with Crippen LogP contribution in [0.4, 0.5) is 4.79 Å². The maximum absolute atomic E-state index is 13.1. The largest absolute Gasteiger partial charge is 0.464 e. The van der Waals surface area contributed by atoms with Gasteiger partial charge in [-0.3, -0.25) is 4.79 Å². The summed E-state index contributed by atoms with van der Waals surface area (Å²) in [6.07, 6.45) is 0.359. The van der Waals surface area contributed by atoms with E-state index in [2.05, 4.69) is 0 Å². The van der Waals surface area contributed by atoms with Crippen molar-refractivity contribution in [2.24, 2.45) is 0 Å². The number of hydrogen-bond donors (Lipinski definition) is 0. The highest BCUT2D eigenvalue weighted by Gasteiger charge is 2.39. The number of piperazine rings is 1. The number of carbonyl (C=O) groups is 3. The number of esters is 1. The number of nitrogens with zero attached hydrogens (tertiary/aromatic N) is 2. The van der Waals surface area contributed by atoms with Gasteiger partial charge in [0.1, 0.15) is 11.6 Å². The fourth-order valence-corrected chi connectivity index (χ4v) is 4.15. The van der Waals surface area contributed by atoms with Crippen LogP contribution in [0.25, 0.3) is 0 Å². The molecule has 1 aliphatic heterocycles. The normalized spacial score (nSPS) is 17.4. The third kappa shape index (κ3) is 5.25. The second kappa shape index (κ2) is 8.94. The van der Waals surface area contributed by atoms with Gasteiger partial charge < -0.3 is 19.3 Å². The van der Waals surface area contributed by atoms with Gasteiger partial charge in [-0.05, 0) is 52.7 Å². The molecule has 156 valence electrons. The summed E-state index contributed by atoms with van der Waals surface area (Å²) < 4.78 is 10.6. The molecule has 2 amide bonds. The topological polar surface area (TPSA) is 76.2 Å². The first-order chi connectivity index (χ1) is 13.1.